The van der Waals surface area contributed by atoms with Gasteiger partial charge in [-0.1, -0.05) is 0 Å². The molecule has 2 N–H and O–H groups in total. The van der Waals surface area contributed by atoms with Gasteiger partial charge in [0.1, 0.15) is 11.6 Å². The highest BCUT2D eigenvalue weighted by Crippen LogP contribution is 2.20. The first-order chi connectivity index (χ1) is 8.67. The molecule has 0 aliphatic rings. The number of methoxy groups -OCH3 is 2. The smallest absolute Gasteiger partial charge is 0.238 e. The van der Waals surface area contributed by atoms with Crippen LogP contribution < -0.4 is 15.4 Å². The van der Waals surface area contributed by atoms with Crippen molar-refractivity contribution in [3.8, 4) is 5.75 Å². The number of nitrogens with one attached hydrogen (secondary N) is 2. The molecule has 0 aromatic heterocycles. The van der Waals surface area contributed by atoms with Crippen molar-refractivity contribution in [1.82, 2.24) is 5.32 Å². The number of amides is 1. The average molecular weight is 256 g/mol. The molecule has 0 atom stereocenters. The molecule has 0 spiro atoms. The second-order valence-electron chi connectivity index (χ2n) is 3.56. The molecule has 0 heterocycles. The van der Waals surface area contributed by atoms with Crippen molar-refractivity contribution in [2.45, 2.75) is 0 Å². The Morgan fingerprint density at radius 2 is 2.17 bits per heavy atom. The van der Waals surface area contributed by atoms with Crippen molar-refractivity contribution in [2.75, 3.05) is 39.2 Å². The Kier molecular flexibility index (Phi) is 6.10. The van der Waals surface area contributed by atoms with Gasteiger partial charge in [0.05, 0.1) is 25.9 Å². The molecular formula is C12H17FN2O3. The van der Waals surface area contributed by atoms with Gasteiger partial charge in [-0.25, -0.2) is 4.39 Å². The van der Waals surface area contributed by atoms with Crippen molar-refractivity contribution in [1.29, 1.82) is 0 Å². The second-order valence-corrected chi connectivity index (χ2v) is 3.56. The highest BCUT2D eigenvalue weighted by molar-refractivity contribution is 5.92. The van der Waals surface area contributed by atoms with Crippen molar-refractivity contribution in [3.63, 3.8) is 0 Å². The van der Waals surface area contributed by atoms with E-state index in [-0.39, 0.29) is 18.1 Å². The minimum Gasteiger partial charge on any atom is -0.497 e. The maximum Gasteiger partial charge on any atom is 0.238 e. The van der Waals surface area contributed by atoms with Gasteiger partial charge in [0, 0.05) is 19.7 Å². The lowest BCUT2D eigenvalue weighted by Gasteiger charge is -2.09. The molecule has 1 amide bonds. The summed E-state index contributed by atoms with van der Waals surface area (Å²) in [7, 11) is 3.05. The maximum absolute atomic E-state index is 13.4. The fraction of sp³-hybridized carbons (Fsp3) is 0.417. The normalized spacial score (nSPS) is 10.2. The second kappa shape index (κ2) is 7.62. The quantitative estimate of drug-likeness (QED) is 0.715. The number of rotatable bonds is 7. The van der Waals surface area contributed by atoms with Gasteiger partial charge < -0.3 is 20.1 Å². The summed E-state index contributed by atoms with van der Waals surface area (Å²) in [6.45, 7) is 1.17. The van der Waals surface area contributed by atoms with Crippen molar-refractivity contribution in [3.05, 3.63) is 24.0 Å². The van der Waals surface area contributed by atoms with E-state index in [0.717, 1.165) is 0 Å². The zero-order valence-corrected chi connectivity index (χ0v) is 10.5. The van der Waals surface area contributed by atoms with Crippen LogP contribution in [0.25, 0.3) is 0 Å². The topological polar surface area (TPSA) is 59.6 Å². The molecular weight excluding hydrogens is 239 g/mol. The number of anilines is 1. The van der Waals surface area contributed by atoms with Crippen molar-refractivity contribution >= 4 is 11.6 Å². The van der Waals surface area contributed by atoms with Crippen molar-refractivity contribution in [2.24, 2.45) is 0 Å². The lowest BCUT2D eigenvalue weighted by atomic mass is 10.3. The summed E-state index contributed by atoms with van der Waals surface area (Å²) < 4.78 is 23.2. The highest BCUT2D eigenvalue weighted by atomic mass is 19.1. The van der Waals surface area contributed by atoms with E-state index in [1.165, 1.54) is 25.3 Å². The maximum atomic E-state index is 13.4. The van der Waals surface area contributed by atoms with Crippen LogP contribution in [0.15, 0.2) is 18.2 Å². The Bertz CT molecular complexity index is 399. The molecule has 0 bridgehead atoms. The Balaban J connectivity index is 2.48. The van der Waals surface area contributed by atoms with Crippen LogP contribution in [-0.4, -0.2) is 39.8 Å². The molecule has 0 fully saturated rings. The Morgan fingerprint density at radius 3 is 2.83 bits per heavy atom. The van der Waals surface area contributed by atoms with Crippen LogP contribution in [0.2, 0.25) is 0 Å². The molecule has 0 aliphatic carbocycles. The summed E-state index contributed by atoms with van der Waals surface area (Å²) in [5.41, 5.74) is 0.105. The number of benzene rings is 1. The molecule has 1 rings (SSSR count). The summed E-state index contributed by atoms with van der Waals surface area (Å²) in [4.78, 5) is 11.5. The summed E-state index contributed by atoms with van der Waals surface area (Å²) in [5, 5.41) is 5.33. The SMILES string of the molecule is COCCNCC(=O)Nc1cc(OC)ccc1F. The molecule has 0 aliphatic heterocycles. The van der Waals surface area contributed by atoms with E-state index in [0.29, 0.717) is 18.9 Å². The van der Waals surface area contributed by atoms with E-state index in [1.807, 2.05) is 0 Å². The first kappa shape index (κ1) is 14.4. The van der Waals surface area contributed by atoms with E-state index in [9.17, 15) is 9.18 Å². The van der Waals surface area contributed by atoms with Crippen LogP contribution in [0.3, 0.4) is 0 Å². The van der Waals surface area contributed by atoms with E-state index in [2.05, 4.69) is 10.6 Å². The van der Waals surface area contributed by atoms with Crippen LogP contribution in [0.5, 0.6) is 5.75 Å². The van der Waals surface area contributed by atoms with Crippen molar-refractivity contribution < 1.29 is 18.7 Å². The van der Waals surface area contributed by atoms with E-state index >= 15 is 0 Å². The van der Waals surface area contributed by atoms with Crippen LogP contribution >= 0.6 is 0 Å². The number of ether oxygens (including phenoxy) is 2. The molecule has 0 unspecified atom stereocenters. The third-order valence-corrected chi connectivity index (χ3v) is 2.22. The van der Waals surface area contributed by atoms with Gasteiger partial charge >= 0.3 is 0 Å². The van der Waals surface area contributed by atoms with Gasteiger partial charge in [-0.15, -0.1) is 0 Å². The summed E-state index contributed by atoms with van der Waals surface area (Å²) in [5.74, 6) is -0.335. The lowest BCUT2D eigenvalue weighted by molar-refractivity contribution is -0.115. The molecule has 0 saturated carbocycles. The Morgan fingerprint density at radius 1 is 1.39 bits per heavy atom. The molecule has 1 aromatic carbocycles. The highest BCUT2D eigenvalue weighted by Gasteiger charge is 2.07. The number of halogens is 1. The van der Waals surface area contributed by atoms with Crippen LogP contribution in [0.1, 0.15) is 0 Å². The molecule has 0 saturated heterocycles. The average Bonchev–Trinajstić information content (AvgIpc) is 2.37. The van der Waals surface area contributed by atoms with E-state index in [1.54, 1.807) is 7.11 Å². The minimum atomic E-state index is -0.499. The van der Waals surface area contributed by atoms with Crippen LogP contribution in [-0.2, 0) is 9.53 Å². The number of hydrogen-bond donors (Lipinski definition) is 2. The third kappa shape index (κ3) is 4.68. The molecule has 6 heteroatoms. The fourth-order valence-electron chi connectivity index (χ4n) is 1.30. The summed E-state index contributed by atoms with van der Waals surface area (Å²) in [6.07, 6.45) is 0. The van der Waals surface area contributed by atoms with Crippen LogP contribution in [0.4, 0.5) is 10.1 Å². The molecule has 18 heavy (non-hydrogen) atoms. The number of hydrogen-bond acceptors (Lipinski definition) is 4. The first-order valence-electron chi connectivity index (χ1n) is 5.50. The Labute approximate surface area is 105 Å². The van der Waals surface area contributed by atoms with Gasteiger partial charge in [0.15, 0.2) is 0 Å². The van der Waals surface area contributed by atoms with E-state index in [4.69, 9.17) is 9.47 Å². The standard InChI is InChI=1S/C12H17FN2O3/c1-17-6-5-14-8-12(16)15-11-7-9(18-2)3-4-10(11)13/h3-4,7,14H,5-6,8H2,1-2H3,(H,15,16). The largest absolute Gasteiger partial charge is 0.497 e. The Hall–Kier alpha value is -1.66. The molecule has 1 aromatic rings. The van der Waals surface area contributed by atoms with Gasteiger partial charge in [-0.2, -0.15) is 0 Å². The number of carbonyl (C=O) groups is 1. The third-order valence-electron chi connectivity index (χ3n) is 2.22. The zero-order chi connectivity index (χ0) is 13.4. The zero-order valence-electron chi connectivity index (χ0n) is 10.5. The molecule has 100 valence electrons. The summed E-state index contributed by atoms with van der Waals surface area (Å²) >= 11 is 0. The minimum absolute atomic E-state index is 0.0972. The van der Waals surface area contributed by atoms with Gasteiger partial charge in [0.25, 0.3) is 0 Å². The van der Waals surface area contributed by atoms with Crippen LogP contribution in [0, 0.1) is 5.82 Å². The number of carbonyl (C=O) groups excluding carboxylic acids is 1. The van der Waals surface area contributed by atoms with Gasteiger partial charge in [0.2, 0.25) is 5.91 Å². The predicted molar refractivity (Wildman–Crippen MR) is 66.3 cm³/mol. The van der Waals surface area contributed by atoms with Gasteiger partial charge in [-0.3, -0.25) is 4.79 Å². The fourth-order valence-corrected chi connectivity index (χ4v) is 1.30. The monoisotopic (exact) mass is 256 g/mol. The van der Waals surface area contributed by atoms with Gasteiger partial charge in [-0.05, 0) is 12.1 Å². The lowest BCUT2D eigenvalue weighted by Crippen LogP contribution is -2.30. The molecule has 5 nitrogen and oxygen atoms in total. The van der Waals surface area contributed by atoms with E-state index < -0.39 is 5.82 Å². The molecule has 0 radical (unpaired) electrons. The summed E-state index contributed by atoms with van der Waals surface area (Å²) in [6, 6.07) is 4.16. The predicted octanol–water partition coefficient (Wildman–Crippen LogP) is 1.01. The first-order valence-corrected chi connectivity index (χ1v) is 5.50.